The van der Waals surface area contributed by atoms with Crippen molar-refractivity contribution >= 4 is 5.91 Å². The Labute approximate surface area is 85.4 Å². The molecule has 0 radical (unpaired) electrons. The minimum Gasteiger partial charge on any atom is -0.369 e. The van der Waals surface area contributed by atoms with Crippen molar-refractivity contribution in [2.24, 2.45) is 11.7 Å². The van der Waals surface area contributed by atoms with Crippen molar-refractivity contribution in [1.29, 1.82) is 0 Å². The number of hydrogen-bond donors (Lipinski definition) is 2. The number of carbonyl (C=O) groups excluding carboxylic acids is 1. The summed E-state index contributed by atoms with van der Waals surface area (Å²) in [5, 5.41) is 3.64. The van der Waals surface area contributed by atoms with E-state index in [4.69, 9.17) is 5.73 Å². The average molecular weight is 196 g/mol. The molecule has 2 rings (SSSR count). The largest absolute Gasteiger partial charge is 0.369 e. The molecule has 1 aliphatic carbocycles. The first-order valence-electron chi connectivity index (χ1n) is 5.76. The van der Waals surface area contributed by atoms with E-state index in [0.717, 1.165) is 32.2 Å². The topological polar surface area (TPSA) is 55.1 Å². The summed E-state index contributed by atoms with van der Waals surface area (Å²) < 4.78 is 0. The first-order valence-corrected chi connectivity index (χ1v) is 5.76. The molecule has 1 heterocycles. The van der Waals surface area contributed by atoms with E-state index in [-0.39, 0.29) is 11.8 Å². The highest BCUT2D eigenvalue weighted by Gasteiger charge is 2.37. The first-order chi connectivity index (χ1) is 6.72. The molecule has 0 aromatic carbocycles. The van der Waals surface area contributed by atoms with Gasteiger partial charge in [0.15, 0.2) is 0 Å². The van der Waals surface area contributed by atoms with Crippen LogP contribution >= 0.6 is 0 Å². The van der Waals surface area contributed by atoms with Crippen molar-refractivity contribution in [3.63, 3.8) is 0 Å². The van der Waals surface area contributed by atoms with Gasteiger partial charge in [-0.2, -0.15) is 0 Å². The summed E-state index contributed by atoms with van der Waals surface area (Å²) in [5.41, 5.74) is 5.69. The van der Waals surface area contributed by atoms with E-state index in [1.165, 1.54) is 19.3 Å². The van der Waals surface area contributed by atoms with Crippen LogP contribution in [0.3, 0.4) is 0 Å². The molecule has 1 saturated carbocycles. The lowest BCUT2D eigenvalue weighted by molar-refractivity contribution is -0.123. The van der Waals surface area contributed by atoms with Gasteiger partial charge in [0, 0.05) is 11.5 Å². The number of primary amides is 1. The van der Waals surface area contributed by atoms with E-state index in [1.54, 1.807) is 0 Å². The van der Waals surface area contributed by atoms with Crippen LogP contribution in [0.5, 0.6) is 0 Å². The monoisotopic (exact) mass is 196 g/mol. The lowest BCUT2D eigenvalue weighted by atomic mass is 9.72. The van der Waals surface area contributed by atoms with Crippen LogP contribution in [0.15, 0.2) is 0 Å². The zero-order valence-corrected chi connectivity index (χ0v) is 8.72. The SMILES string of the molecule is NC(=O)C1CCC2(CCCCN2)CC1. The lowest BCUT2D eigenvalue weighted by Crippen LogP contribution is -2.51. The van der Waals surface area contributed by atoms with Gasteiger partial charge in [-0.3, -0.25) is 4.79 Å². The minimum atomic E-state index is -0.101. The lowest BCUT2D eigenvalue weighted by Gasteiger charge is -2.43. The third-order valence-corrected chi connectivity index (χ3v) is 3.93. The van der Waals surface area contributed by atoms with E-state index < -0.39 is 0 Å². The Kier molecular flexibility index (Phi) is 2.77. The van der Waals surface area contributed by atoms with Crippen LogP contribution in [0, 0.1) is 5.92 Å². The number of rotatable bonds is 1. The van der Waals surface area contributed by atoms with Gasteiger partial charge in [0.2, 0.25) is 5.91 Å². The van der Waals surface area contributed by atoms with Gasteiger partial charge in [0.25, 0.3) is 0 Å². The fraction of sp³-hybridized carbons (Fsp3) is 0.909. The highest BCUT2D eigenvalue weighted by molar-refractivity contribution is 5.76. The summed E-state index contributed by atoms with van der Waals surface area (Å²) in [5.74, 6) is 0.0417. The van der Waals surface area contributed by atoms with Gasteiger partial charge >= 0.3 is 0 Å². The fourth-order valence-corrected chi connectivity index (χ4v) is 2.91. The second kappa shape index (κ2) is 3.89. The van der Waals surface area contributed by atoms with Crippen LogP contribution in [-0.2, 0) is 4.79 Å². The van der Waals surface area contributed by atoms with Crippen molar-refractivity contribution in [2.75, 3.05) is 6.54 Å². The minimum absolute atomic E-state index is 0.101. The smallest absolute Gasteiger partial charge is 0.220 e. The summed E-state index contributed by atoms with van der Waals surface area (Å²) in [7, 11) is 0. The Balaban J connectivity index is 1.90. The van der Waals surface area contributed by atoms with Gasteiger partial charge in [0.05, 0.1) is 0 Å². The molecule has 1 spiro atoms. The van der Waals surface area contributed by atoms with Gasteiger partial charge in [-0.1, -0.05) is 6.42 Å². The van der Waals surface area contributed by atoms with Gasteiger partial charge in [-0.25, -0.2) is 0 Å². The molecule has 3 heteroatoms. The van der Waals surface area contributed by atoms with Gasteiger partial charge in [-0.05, 0) is 45.1 Å². The summed E-state index contributed by atoms with van der Waals surface area (Å²) >= 11 is 0. The maximum atomic E-state index is 11.0. The van der Waals surface area contributed by atoms with Crippen LogP contribution in [0.2, 0.25) is 0 Å². The van der Waals surface area contributed by atoms with E-state index in [1.807, 2.05) is 0 Å². The summed E-state index contributed by atoms with van der Waals surface area (Å²) in [6.07, 6.45) is 8.19. The van der Waals surface area contributed by atoms with Gasteiger partial charge < -0.3 is 11.1 Å². The standard InChI is InChI=1S/C11H20N2O/c12-10(14)9-3-6-11(7-4-9)5-1-2-8-13-11/h9,13H,1-8H2,(H2,12,14). The Hall–Kier alpha value is -0.570. The van der Waals surface area contributed by atoms with Crippen molar-refractivity contribution in [3.05, 3.63) is 0 Å². The predicted octanol–water partition coefficient (Wildman–Crippen LogP) is 1.17. The van der Waals surface area contributed by atoms with Crippen LogP contribution in [0.4, 0.5) is 0 Å². The predicted molar refractivity (Wildman–Crippen MR) is 55.7 cm³/mol. The van der Waals surface area contributed by atoms with Crippen molar-refractivity contribution in [2.45, 2.75) is 50.5 Å². The Bertz CT molecular complexity index is 211. The molecule has 14 heavy (non-hydrogen) atoms. The number of piperidine rings is 1. The molecule has 0 aromatic heterocycles. The molecule has 1 aliphatic heterocycles. The average Bonchev–Trinajstić information content (AvgIpc) is 2.19. The second-order valence-electron chi connectivity index (χ2n) is 4.84. The van der Waals surface area contributed by atoms with Crippen LogP contribution in [-0.4, -0.2) is 18.0 Å². The number of nitrogens with two attached hydrogens (primary N) is 1. The van der Waals surface area contributed by atoms with E-state index in [0.29, 0.717) is 5.54 Å². The third kappa shape index (κ3) is 1.92. The molecular formula is C11H20N2O. The molecule has 2 aliphatic rings. The van der Waals surface area contributed by atoms with Crippen molar-refractivity contribution in [1.82, 2.24) is 5.32 Å². The Morgan fingerprint density at radius 3 is 2.43 bits per heavy atom. The van der Waals surface area contributed by atoms with Gasteiger partial charge in [-0.15, -0.1) is 0 Å². The second-order valence-corrected chi connectivity index (χ2v) is 4.84. The molecule has 1 saturated heterocycles. The van der Waals surface area contributed by atoms with E-state index in [2.05, 4.69) is 5.32 Å². The number of amides is 1. The number of hydrogen-bond acceptors (Lipinski definition) is 2. The van der Waals surface area contributed by atoms with E-state index in [9.17, 15) is 4.79 Å². The van der Waals surface area contributed by atoms with Crippen LogP contribution in [0.25, 0.3) is 0 Å². The van der Waals surface area contributed by atoms with E-state index >= 15 is 0 Å². The maximum absolute atomic E-state index is 11.0. The zero-order chi connectivity index (χ0) is 10.0. The highest BCUT2D eigenvalue weighted by atomic mass is 16.1. The molecular weight excluding hydrogens is 176 g/mol. The molecule has 0 aromatic rings. The molecule has 1 amide bonds. The van der Waals surface area contributed by atoms with Crippen molar-refractivity contribution in [3.8, 4) is 0 Å². The summed E-state index contributed by atoms with van der Waals surface area (Å²) in [6.45, 7) is 1.15. The maximum Gasteiger partial charge on any atom is 0.220 e. The first kappa shape index (κ1) is 9.97. The fourth-order valence-electron chi connectivity index (χ4n) is 2.91. The molecule has 0 bridgehead atoms. The summed E-state index contributed by atoms with van der Waals surface area (Å²) in [4.78, 5) is 11.0. The molecule has 80 valence electrons. The quantitative estimate of drug-likeness (QED) is 0.661. The Morgan fingerprint density at radius 2 is 1.93 bits per heavy atom. The molecule has 0 atom stereocenters. The van der Waals surface area contributed by atoms with Crippen LogP contribution < -0.4 is 11.1 Å². The number of carbonyl (C=O) groups is 1. The molecule has 0 unspecified atom stereocenters. The normalized spacial score (nSPS) is 38.4. The zero-order valence-electron chi connectivity index (χ0n) is 8.72. The molecule has 2 fully saturated rings. The highest BCUT2D eigenvalue weighted by Crippen LogP contribution is 2.36. The third-order valence-electron chi connectivity index (χ3n) is 3.93. The summed E-state index contributed by atoms with van der Waals surface area (Å²) in [6, 6.07) is 0. The van der Waals surface area contributed by atoms with Gasteiger partial charge in [0.1, 0.15) is 0 Å². The molecule has 3 nitrogen and oxygen atoms in total. The van der Waals surface area contributed by atoms with Crippen LogP contribution in [0.1, 0.15) is 44.9 Å². The Morgan fingerprint density at radius 1 is 1.21 bits per heavy atom. The molecule has 3 N–H and O–H groups in total. The van der Waals surface area contributed by atoms with Crippen molar-refractivity contribution < 1.29 is 4.79 Å². The number of nitrogens with one attached hydrogen (secondary N) is 1.